The van der Waals surface area contributed by atoms with Crippen LogP contribution in [-0.4, -0.2) is 10.7 Å². The highest BCUT2D eigenvalue weighted by atomic mass is 79.9. The van der Waals surface area contributed by atoms with Gasteiger partial charge in [0.1, 0.15) is 5.84 Å². The van der Waals surface area contributed by atoms with Crippen LogP contribution in [0.5, 0.6) is 0 Å². The molecule has 0 saturated heterocycles. The number of hydrogen-bond donors (Lipinski definition) is 1. The molecule has 1 aromatic rings. The summed E-state index contributed by atoms with van der Waals surface area (Å²) in [5, 5.41) is 12.2. The molecule has 0 aromatic heterocycles. The van der Waals surface area contributed by atoms with Gasteiger partial charge in [-0.2, -0.15) is 10.3 Å². The van der Waals surface area contributed by atoms with Crippen LogP contribution in [0, 0.1) is 11.5 Å². The lowest BCUT2D eigenvalue weighted by Crippen LogP contribution is -2.39. The summed E-state index contributed by atoms with van der Waals surface area (Å²) in [5.74, 6) is 0.829. The summed E-state index contributed by atoms with van der Waals surface area (Å²) in [6.07, 6.45) is 6.38. The Balaban J connectivity index is 2.13. The SMILES string of the molecule is N#CN=C1Nc2ccccc2C12CCCC(Br)C2. The fraction of sp³-hybridized carbons (Fsp3) is 0.429. The minimum absolute atomic E-state index is 0.0846. The van der Waals surface area contributed by atoms with E-state index in [-0.39, 0.29) is 5.41 Å². The van der Waals surface area contributed by atoms with Gasteiger partial charge in [0, 0.05) is 10.5 Å². The van der Waals surface area contributed by atoms with Crippen LogP contribution in [0.25, 0.3) is 0 Å². The van der Waals surface area contributed by atoms with Crippen LogP contribution in [0.1, 0.15) is 31.2 Å². The van der Waals surface area contributed by atoms with Gasteiger partial charge in [-0.15, -0.1) is 0 Å². The number of hydrogen-bond acceptors (Lipinski definition) is 2. The molecule has 1 saturated carbocycles. The zero-order chi connectivity index (χ0) is 12.6. The fourth-order valence-electron chi connectivity index (χ4n) is 3.24. The lowest BCUT2D eigenvalue weighted by molar-refractivity contribution is 0.398. The second-order valence-electron chi connectivity index (χ2n) is 5.01. The van der Waals surface area contributed by atoms with Crippen molar-refractivity contribution in [1.82, 2.24) is 0 Å². The number of nitrogens with one attached hydrogen (secondary N) is 1. The fourth-order valence-corrected chi connectivity index (χ4v) is 4.11. The first-order chi connectivity index (χ1) is 8.76. The minimum Gasteiger partial charge on any atom is -0.342 e. The molecule has 4 heteroatoms. The molecule has 1 heterocycles. The summed E-state index contributed by atoms with van der Waals surface area (Å²) in [7, 11) is 0. The quantitative estimate of drug-likeness (QED) is 0.588. The molecule has 1 N–H and O–H groups in total. The maximum absolute atomic E-state index is 8.90. The van der Waals surface area contributed by atoms with Crippen LogP contribution in [0.4, 0.5) is 5.69 Å². The first kappa shape index (κ1) is 11.7. The van der Waals surface area contributed by atoms with Crippen molar-refractivity contribution >= 4 is 27.5 Å². The Morgan fingerprint density at radius 2 is 2.28 bits per heavy atom. The Morgan fingerprint density at radius 1 is 1.44 bits per heavy atom. The highest BCUT2D eigenvalue weighted by Crippen LogP contribution is 2.49. The van der Waals surface area contributed by atoms with Gasteiger partial charge in [0.15, 0.2) is 0 Å². The maximum atomic E-state index is 8.90. The van der Waals surface area contributed by atoms with Crippen molar-refractivity contribution in [2.75, 3.05) is 5.32 Å². The number of nitriles is 1. The van der Waals surface area contributed by atoms with E-state index in [1.54, 1.807) is 0 Å². The minimum atomic E-state index is -0.0846. The number of amidine groups is 1. The normalized spacial score (nSPS) is 32.0. The van der Waals surface area contributed by atoms with E-state index in [2.05, 4.69) is 44.4 Å². The Kier molecular flexibility index (Phi) is 2.87. The monoisotopic (exact) mass is 303 g/mol. The molecule has 1 aromatic carbocycles. The number of anilines is 1. The van der Waals surface area contributed by atoms with Crippen LogP contribution in [0.3, 0.4) is 0 Å². The Hall–Kier alpha value is -1.34. The maximum Gasteiger partial charge on any atom is 0.207 e. The average molecular weight is 304 g/mol. The predicted octanol–water partition coefficient (Wildman–Crippen LogP) is 3.57. The lowest BCUT2D eigenvalue weighted by atomic mass is 9.70. The zero-order valence-corrected chi connectivity index (χ0v) is 11.6. The van der Waals surface area contributed by atoms with E-state index in [1.165, 1.54) is 12.0 Å². The number of benzene rings is 1. The molecular formula is C14H14BrN3. The van der Waals surface area contributed by atoms with Crippen molar-refractivity contribution in [3.05, 3.63) is 29.8 Å². The number of halogens is 1. The third-order valence-corrected chi connectivity index (χ3v) is 4.78. The van der Waals surface area contributed by atoms with Crippen molar-refractivity contribution in [3.63, 3.8) is 0 Å². The van der Waals surface area contributed by atoms with Gasteiger partial charge in [-0.1, -0.05) is 40.5 Å². The van der Waals surface area contributed by atoms with Gasteiger partial charge in [-0.25, -0.2) is 0 Å². The Labute approximate surface area is 115 Å². The van der Waals surface area contributed by atoms with Gasteiger partial charge >= 0.3 is 0 Å². The molecule has 3 nitrogen and oxygen atoms in total. The Morgan fingerprint density at radius 3 is 3.06 bits per heavy atom. The number of nitrogens with zero attached hydrogens (tertiary/aromatic N) is 2. The van der Waals surface area contributed by atoms with Crippen LogP contribution in [-0.2, 0) is 5.41 Å². The second-order valence-corrected chi connectivity index (χ2v) is 6.30. The van der Waals surface area contributed by atoms with Crippen LogP contribution < -0.4 is 5.32 Å². The van der Waals surface area contributed by atoms with Gasteiger partial charge < -0.3 is 5.32 Å². The molecule has 92 valence electrons. The second kappa shape index (κ2) is 4.40. The van der Waals surface area contributed by atoms with E-state index in [1.807, 2.05) is 12.3 Å². The molecular weight excluding hydrogens is 290 g/mol. The number of alkyl halides is 1. The molecule has 3 rings (SSSR count). The first-order valence-corrected chi connectivity index (χ1v) is 7.16. The third kappa shape index (κ3) is 1.65. The summed E-state index contributed by atoms with van der Waals surface area (Å²) in [5.41, 5.74) is 2.31. The molecule has 2 unspecified atom stereocenters. The summed E-state index contributed by atoms with van der Waals surface area (Å²) < 4.78 is 0. The Bertz CT molecular complexity index is 546. The zero-order valence-electron chi connectivity index (χ0n) is 9.99. The van der Waals surface area contributed by atoms with Crippen molar-refractivity contribution in [2.45, 2.75) is 35.9 Å². The summed E-state index contributed by atoms with van der Waals surface area (Å²) in [6, 6.07) is 8.31. The summed E-state index contributed by atoms with van der Waals surface area (Å²) >= 11 is 3.74. The third-order valence-electron chi connectivity index (χ3n) is 4.00. The average Bonchev–Trinajstić information content (AvgIpc) is 2.65. The topological polar surface area (TPSA) is 48.2 Å². The smallest absolute Gasteiger partial charge is 0.207 e. The van der Waals surface area contributed by atoms with E-state index in [0.29, 0.717) is 4.83 Å². The number of para-hydroxylation sites is 1. The molecule has 0 radical (unpaired) electrons. The van der Waals surface area contributed by atoms with E-state index < -0.39 is 0 Å². The molecule has 0 bridgehead atoms. The lowest BCUT2D eigenvalue weighted by Gasteiger charge is -2.36. The molecule has 1 aliphatic heterocycles. The van der Waals surface area contributed by atoms with E-state index in [4.69, 9.17) is 5.26 Å². The standard InChI is InChI=1S/C14H14BrN3/c15-10-4-3-7-14(8-10)11-5-1-2-6-12(11)18-13(14)17-9-16/h1-2,5-6,10H,3-4,7-8H2,(H,17,18). The predicted molar refractivity (Wildman–Crippen MR) is 76.0 cm³/mol. The van der Waals surface area contributed by atoms with Gasteiger partial charge in [0.25, 0.3) is 0 Å². The summed E-state index contributed by atoms with van der Waals surface area (Å²) in [6.45, 7) is 0. The molecule has 2 aliphatic rings. The largest absolute Gasteiger partial charge is 0.342 e. The van der Waals surface area contributed by atoms with Crippen molar-refractivity contribution in [1.29, 1.82) is 5.26 Å². The number of fused-ring (bicyclic) bond motifs is 2. The molecule has 1 aliphatic carbocycles. The molecule has 1 spiro atoms. The van der Waals surface area contributed by atoms with Gasteiger partial charge in [-0.3, -0.25) is 0 Å². The molecule has 18 heavy (non-hydrogen) atoms. The van der Waals surface area contributed by atoms with Crippen molar-refractivity contribution < 1.29 is 0 Å². The van der Waals surface area contributed by atoms with Crippen molar-refractivity contribution in [3.8, 4) is 6.19 Å². The molecule has 1 fully saturated rings. The highest BCUT2D eigenvalue weighted by Gasteiger charge is 2.47. The molecule has 2 atom stereocenters. The highest BCUT2D eigenvalue weighted by molar-refractivity contribution is 9.09. The van der Waals surface area contributed by atoms with Gasteiger partial charge in [0.2, 0.25) is 6.19 Å². The summed E-state index contributed by atoms with van der Waals surface area (Å²) in [4.78, 5) is 4.54. The van der Waals surface area contributed by atoms with Crippen LogP contribution in [0.2, 0.25) is 0 Å². The number of rotatable bonds is 0. The first-order valence-electron chi connectivity index (χ1n) is 6.24. The van der Waals surface area contributed by atoms with Crippen LogP contribution in [0.15, 0.2) is 29.3 Å². The van der Waals surface area contributed by atoms with Gasteiger partial charge in [-0.05, 0) is 30.9 Å². The van der Waals surface area contributed by atoms with Gasteiger partial charge in [0.05, 0.1) is 5.41 Å². The van der Waals surface area contributed by atoms with E-state index in [9.17, 15) is 0 Å². The van der Waals surface area contributed by atoms with E-state index in [0.717, 1.165) is 30.8 Å². The van der Waals surface area contributed by atoms with Crippen molar-refractivity contribution in [2.24, 2.45) is 4.99 Å². The molecule has 0 amide bonds. The van der Waals surface area contributed by atoms with Crippen LogP contribution >= 0.6 is 15.9 Å². The van der Waals surface area contributed by atoms with E-state index >= 15 is 0 Å². The number of aliphatic imine (C=N–C) groups is 1.